The Kier molecular flexibility index (Phi) is 3.83. The molecule has 0 spiro atoms. The third-order valence-corrected chi connectivity index (χ3v) is 4.20. The van der Waals surface area contributed by atoms with E-state index in [-0.39, 0.29) is 0 Å². The van der Waals surface area contributed by atoms with Crippen molar-refractivity contribution >= 4 is 15.9 Å². The van der Waals surface area contributed by atoms with Crippen molar-refractivity contribution in [3.8, 4) is 11.1 Å². The number of rotatable bonds is 3. The molecule has 1 aromatic heterocycles. The van der Waals surface area contributed by atoms with Crippen LogP contribution in [0.4, 0.5) is 0 Å². The number of hydrogen-bond acceptors (Lipinski definition) is 2. The lowest BCUT2D eigenvalue weighted by Gasteiger charge is -2.16. The van der Waals surface area contributed by atoms with Gasteiger partial charge < -0.3 is 5.11 Å². The standard InChI is InChI=1S/C15H19BrN2O/c1-10-5-12(6-11(2)14(10)16)13-7-17-18(8-13)9-15(3,4)19/h5-8,19H,9H2,1-4H3. The molecule has 0 aliphatic rings. The Labute approximate surface area is 122 Å². The highest BCUT2D eigenvalue weighted by atomic mass is 79.9. The third-order valence-electron chi connectivity index (χ3n) is 2.95. The molecule has 102 valence electrons. The van der Waals surface area contributed by atoms with Gasteiger partial charge in [-0.05, 0) is 44.4 Å². The minimum absolute atomic E-state index is 0.488. The molecule has 0 bridgehead atoms. The van der Waals surface area contributed by atoms with Crippen LogP contribution in [0.25, 0.3) is 11.1 Å². The molecule has 0 radical (unpaired) electrons. The molecular weight excluding hydrogens is 304 g/mol. The van der Waals surface area contributed by atoms with E-state index < -0.39 is 5.60 Å². The molecule has 19 heavy (non-hydrogen) atoms. The van der Waals surface area contributed by atoms with Crippen LogP contribution in [-0.4, -0.2) is 20.5 Å². The van der Waals surface area contributed by atoms with Gasteiger partial charge in [0.05, 0.1) is 18.3 Å². The summed E-state index contributed by atoms with van der Waals surface area (Å²) in [6, 6.07) is 4.28. The number of hydrogen-bond donors (Lipinski definition) is 1. The number of aromatic nitrogens is 2. The predicted octanol–water partition coefficient (Wildman–Crippen LogP) is 3.70. The van der Waals surface area contributed by atoms with Crippen molar-refractivity contribution in [2.45, 2.75) is 39.8 Å². The molecule has 2 rings (SSSR count). The molecule has 0 saturated heterocycles. The number of aryl methyl sites for hydroxylation is 2. The van der Waals surface area contributed by atoms with Crippen LogP contribution in [0.3, 0.4) is 0 Å². The molecule has 3 nitrogen and oxygen atoms in total. The van der Waals surface area contributed by atoms with E-state index in [2.05, 4.69) is 47.0 Å². The van der Waals surface area contributed by atoms with Gasteiger partial charge in [-0.2, -0.15) is 5.10 Å². The van der Waals surface area contributed by atoms with E-state index in [1.54, 1.807) is 18.5 Å². The van der Waals surface area contributed by atoms with Gasteiger partial charge >= 0.3 is 0 Å². The van der Waals surface area contributed by atoms with E-state index in [9.17, 15) is 5.11 Å². The Balaban J connectivity index is 2.33. The van der Waals surface area contributed by atoms with Gasteiger partial charge in [0.25, 0.3) is 0 Å². The van der Waals surface area contributed by atoms with Crippen molar-refractivity contribution in [3.63, 3.8) is 0 Å². The van der Waals surface area contributed by atoms with Gasteiger partial charge in [0.1, 0.15) is 0 Å². The average molecular weight is 323 g/mol. The first-order chi connectivity index (χ1) is 8.76. The van der Waals surface area contributed by atoms with Crippen LogP contribution in [0.5, 0.6) is 0 Å². The zero-order chi connectivity index (χ0) is 14.2. The summed E-state index contributed by atoms with van der Waals surface area (Å²) in [6.45, 7) is 8.22. The summed E-state index contributed by atoms with van der Waals surface area (Å²) in [5, 5.41) is 14.1. The fourth-order valence-electron chi connectivity index (χ4n) is 2.11. The lowest BCUT2D eigenvalue weighted by Crippen LogP contribution is -2.26. The Morgan fingerprint density at radius 3 is 2.32 bits per heavy atom. The fraction of sp³-hybridized carbons (Fsp3) is 0.400. The smallest absolute Gasteiger partial charge is 0.0786 e. The lowest BCUT2D eigenvalue weighted by atomic mass is 10.0. The highest BCUT2D eigenvalue weighted by Gasteiger charge is 2.14. The van der Waals surface area contributed by atoms with Crippen molar-refractivity contribution in [3.05, 3.63) is 40.1 Å². The SMILES string of the molecule is Cc1cc(-c2cnn(CC(C)(C)O)c2)cc(C)c1Br. The van der Waals surface area contributed by atoms with Crippen LogP contribution < -0.4 is 0 Å². The maximum Gasteiger partial charge on any atom is 0.0786 e. The Morgan fingerprint density at radius 1 is 1.21 bits per heavy atom. The van der Waals surface area contributed by atoms with Crippen molar-refractivity contribution in [2.24, 2.45) is 0 Å². The van der Waals surface area contributed by atoms with Gasteiger partial charge in [-0.3, -0.25) is 4.68 Å². The fourth-order valence-corrected chi connectivity index (χ4v) is 2.34. The van der Waals surface area contributed by atoms with E-state index in [1.807, 2.05) is 12.4 Å². The molecule has 0 unspecified atom stereocenters. The number of aliphatic hydroxyl groups is 1. The van der Waals surface area contributed by atoms with Crippen LogP contribution in [0.15, 0.2) is 29.0 Å². The molecule has 4 heteroatoms. The minimum atomic E-state index is -0.755. The summed E-state index contributed by atoms with van der Waals surface area (Å²) in [5.74, 6) is 0. The van der Waals surface area contributed by atoms with Crippen LogP contribution in [0, 0.1) is 13.8 Å². The van der Waals surface area contributed by atoms with E-state index >= 15 is 0 Å². The second-order valence-corrected chi connectivity index (χ2v) is 6.46. The summed E-state index contributed by atoms with van der Waals surface area (Å²) in [7, 11) is 0. The van der Waals surface area contributed by atoms with Crippen molar-refractivity contribution in [1.29, 1.82) is 0 Å². The highest BCUT2D eigenvalue weighted by Crippen LogP contribution is 2.28. The van der Waals surface area contributed by atoms with E-state index in [4.69, 9.17) is 0 Å². The van der Waals surface area contributed by atoms with E-state index in [0.29, 0.717) is 6.54 Å². The lowest BCUT2D eigenvalue weighted by molar-refractivity contribution is 0.0577. The second kappa shape index (κ2) is 5.10. The molecule has 1 aromatic carbocycles. The molecule has 2 aromatic rings. The summed E-state index contributed by atoms with van der Waals surface area (Å²) in [6.07, 6.45) is 3.81. The summed E-state index contributed by atoms with van der Waals surface area (Å²) in [5.41, 5.74) is 3.90. The van der Waals surface area contributed by atoms with Crippen LogP contribution in [0.1, 0.15) is 25.0 Å². The molecule has 0 saturated carbocycles. The van der Waals surface area contributed by atoms with Gasteiger partial charge in [0, 0.05) is 16.2 Å². The zero-order valence-corrected chi connectivity index (χ0v) is 13.3. The highest BCUT2D eigenvalue weighted by molar-refractivity contribution is 9.10. The largest absolute Gasteiger partial charge is 0.389 e. The van der Waals surface area contributed by atoms with Gasteiger partial charge in [-0.25, -0.2) is 0 Å². The molecule has 0 aliphatic carbocycles. The quantitative estimate of drug-likeness (QED) is 0.935. The minimum Gasteiger partial charge on any atom is -0.389 e. The summed E-state index contributed by atoms with van der Waals surface area (Å²) < 4.78 is 2.93. The van der Waals surface area contributed by atoms with E-state index in [0.717, 1.165) is 15.6 Å². The van der Waals surface area contributed by atoms with Gasteiger partial charge in [0.2, 0.25) is 0 Å². The van der Waals surface area contributed by atoms with Crippen molar-refractivity contribution < 1.29 is 5.11 Å². The maximum atomic E-state index is 9.81. The predicted molar refractivity (Wildman–Crippen MR) is 81.1 cm³/mol. The zero-order valence-electron chi connectivity index (χ0n) is 11.7. The van der Waals surface area contributed by atoms with Crippen molar-refractivity contribution in [1.82, 2.24) is 9.78 Å². The first-order valence-electron chi connectivity index (χ1n) is 6.28. The first-order valence-corrected chi connectivity index (χ1v) is 7.07. The average Bonchev–Trinajstić information content (AvgIpc) is 2.71. The topological polar surface area (TPSA) is 38.0 Å². The molecule has 1 N–H and O–H groups in total. The Morgan fingerprint density at radius 2 is 1.79 bits per heavy atom. The number of nitrogens with zero attached hydrogens (tertiary/aromatic N) is 2. The number of benzene rings is 1. The molecule has 0 aliphatic heterocycles. The van der Waals surface area contributed by atoms with Crippen LogP contribution in [0.2, 0.25) is 0 Å². The number of halogens is 1. The van der Waals surface area contributed by atoms with Crippen LogP contribution in [-0.2, 0) is 6.54 Å². The Hall–Kier alpha value is -1.13. The second-order valence-electron chi connectivity index (χ2n) is 5.66. The van der Waals surface area contributed by atoms with E-state index in [1.165, 1.54) is 11.1 Å². The molecular formula is C15H19BrN2O. The maximum absolute atomic E-state index is 9.81. The van der Waals surface area contributed by atoms with Gasteiger partial charge in [-0.15, -0.1) is 0 Å². The molecule has 1 heterocycles. The Bertz CT molecular complexity index is 573. The summed E-state index contributed by atoms with van der Waals surface area (Å²) in [4.78, 5) is 0. The molecule has 0 amide bonds. The monoisotopic (exact) mass is 322 g/mol. The molecule has 0 atom stereocenters. The summed E-state index contributed by atoms with van der Waals surface area (Å²) >= 11 is 3.58. The van der Waals surface area contributed by atoms with Crippen LogP contribution >= 0.6 is 15.9 Å². The van der Waals surface area contributed by atoms with Gasteiger partial charge in [-0.1, -0.05) is 28.1 Å². The molecule has 0 fully saturated rings. The third kappa shape index (κ3) is 3.45. The first kappa shape index (κ1) is 14.3. The van der Waals surface area contributed by atoms with Crippen molar-refractivity contribution in [2.75, 3.05) is 0 Å². The van der Waals surface area contributed by atoms with Gasteiger partial charge in [0.15, 0.2) is 0 Å². The normalized spacial score (nSPS) is 11.9.